The SMILES string of the molecule is CCCCN(CCCC)C(=O)CN1C[C@H](c2ccc3c(c2)OCO3)[C@H](OC(=O)O)[C@H]1c1ccccc1F. The van der Waals surface area contributed by atoms with E-state index in [-0.39, 0.29) is 19.2 Å². The maximum atomic E-state index is 15.1. The average molecular weight is 515 g/mol. The van der Waals surface area contributed by atoms with Gasteiger partial charge in [0.15, 0.2) is 11.5 Å². The summed E-state index contributed by atoms with van der Waals surface area (Å²) in [4.78, 5) is 29.0. The number of carbonyl (C=O) groups is 2. The Bertz CT molecular complexity index is 1090. The zero-order valence-electron chi connectivity index (χ0n) is 21.4. The van der Waals surface area contributed by atoms with Crippen molar-refractivity contribution in [3.63, 3.8) is 0 Å². The highest BCUT2D eigenvalue weighted by Gasteiger charge is 2.47. The summed E-state index contributed by atoms with van der Waals surface area (Å²) in [6.07, 6.45) is 1.37. The van der Waals surface area contributed by atoms with Gasteiger partial charge < -0.3 is 24.2 Å². The van der Waals surface area contributed by atoms with Crippen LogP contribution in [0.5, 0.6) is 11.5 Å². The van der Waals surface area contributed by atoms with E-state index in [0.29, 0.717) is 36.7 Å². The van der Waals surface area contributed by atoms with Gasteiger partial charge in [0, 0.05) is 31.1 Å². The summed E-state index contributed by atoms with van der Waals surface area (Å²) in [5.74, 6) is 0.210. The van der Waals surface area contributed by atoms with Crippen LogP contribution < -0.4 is 9.47 Å². The Balaban J connectivity index is 1.69. The van der Waals surface area contributed by atoms with Crippen LogP contribution in [-0.4, -0.2) is 66.0 Å². The number of hydrogen-bond donors (Lipinski definition) is 1. The lowest BCUT2D eigenvalue weighted by Crippen LogP contribution is -2.42. The molecule has 2 heterocycles. The maximum Gasteiger partial charge on any atom is 0.506 e. The average Bonchev–Trinajstić information content (AvgIpc) is 3.48. The van der Waals surface area contributed by atoms with E-state index >= 15 is 4.39 Å². The molecule has 8 nitrogen and oxygen atoms in total. The van der Waals surface area contributed by atoms with Crippen molar-refractivity contribution in [2.24, 2.45) is 0 Å². The highest BCUT2D eigenvalue weighted by molar-refractivity contribution is 5.78. The lowest BCUT2D eigenvalue weighted by Gasteiger charge is -2.30. The van der Waals surface area contributed by atoms with Gasteiger partial charge in [-0.05, 0) is 36.6 Å². The number of rotatable bonds is 11. The second-order valence-corrected chi connectivity index (χ2v) is 9.55. The van der Waals surface area contributed by atoms with E-state index in [1.54, 1.807) is 24.3 Å². The zero-order chi connectivity index (χ0) is 26.4. The molecule has 1 fully saturated rings. The minimum atomic E-state index is -1.45. The summed E-state index contributed by atoms with van der Waals surface area (Å²) in [6, 6.07) is 10.9. The van der Waals surface area contributed by atoms with Crippen molar-refractivity contribution in [3.8, 4) is 11.5 Å². The van der Waals surface area contributed by atoms with Crippen LogP contribution in [0.3, 0.4) is 0 Å². The largest absolute Gasteiger partial charge is 0.506 e. The van der Waals surface area contributed by atoms with Gasteiger partial charge in [-0.3, -0.25) is 9.69 Å². The van der Waals surface area contributed by atoms with Gasteiger partial charge in [-0.25, -0.2) is 9.18 Å². The predicted octanol–water partition coefficient (Wildman–Crippen LogP) is 5.19. The Kier molecular flexibility index (Phi) is 8.87. The van der Waals surface area contributed by atoms with E-state index in [2.05, 4.69) is 13.8 Å². The van der Waals surface area contributed by atoms with Crippen molar-refractivity contribution in [1.29, 1.82) is 0 Å². The smallest absolute Gasteiger partial charge is 0.454 e. The summed E-state index contributed by atoms with van der Waals surface area (Å²) < 4.78 is 31.5. The molecule has 0 saturated carbocycles. The molecule has 1 N–H and O–H groups in total. The topological polar surface area (TPSA) is 88.5 Å². The summed E-state index contributed by atoms with van der Waals surface area (Å²) in [5.41, 5.74) is 1.08. The minimum absolute atomic E-state index is 0.0347. The van der Waals surface area contributed by atoms with E-state index in [1.165, 1.54) is 6.07 Å². The highest BCUT2D eigenvalue weighted by atomic mass is 19.1. The molecule has 9 heteroatoms. The summed E-state index contributed by atoms with van der Waals surface area (Å²) in [7, 11) is 0. The number of halogens is 1. The first-order valence-electron chi connectivity index (χ1n) is 13.0. The zero-order valence-corrected chi connectivity index (χ0v) is 21.4. The van der Waals surface area contributed by atoms with Gasteiger partial charge >= 0.3 is 6.16 Å². The monoisotopic (exact) mass is 514 g/mol. The van der Waals surface area contributed by atoms with Crippen LogP contribution in [0.25, 0.3) is 0 Å². The van der Waals surface area contributed by atoms with E-state index in [0.717, 1.165) is 31.2 Å². The molecular formula is C28H35FN2O6. The minimum Gasteiger partial charge on any atom is -0.454 e. The molecule has 2 aromatic carbocycles. The Labute approximate surface area is 216 Å². The molecule has 0 radical (unpaired) electrons. The molecule has 3 atom stereocenters. The number of carbonyl (C=O) groups excluding carboxylic acids is 1. The fourth-order valence-corrected chi connectivity index (χ4v) is 5.18. The number of carboxylic acid groups (broad SMARTS) is 1. The molecule has 2 aliphatic rings. The van der Waals surface area contributed by atoms with Crippen LogP contribution >= 0.6 is 0 Å². The van der Waals surface area contributed by atoms with Crippen LogP contribution in [-0.2, 0) is 9.53 Å². The van der Waals surface area contributed by atoms with Crippen LogP contribution in [0.1, 0.15) is 62.6 Å². The third kappa shape index (κ3) is 6.15. The highest BCUT2D eigenvalue weighted by Crippen LogP contribution is 2.45. The number of ether oxygens (including phenoxy) is 3. The van der Waals surface area contributed by atoms with Gasteiger partial charge in [0.05, 0.1) is 12.6 Å². The fraction of sp³-hybridized carbons (Fsp3) is 0.500. The molecule has 200 valence electrons. The van der Waals surface area contributed by atoms with E-state index in [9.17, 15) is 14.7 Å². The number of unbranched alkanes of at least 4 members (excludes halogenated alkanes) is 2. The van der Waals surface area contributed by atoms with Gasteiger partial charge in [0.1, 0.15) is 11.9 Å². The van der Waals surface area contributed by atoms with Crippen molar-refractivity contribution in [2.75, 3.05) is 33.0 Å². The number of hydrogen-bond acceptors (Lipinski definition) is 6. The van der Waals surface area contributed by atoms with Gasteiger partial charge in [0.2, 0.25) is 12.7 Å². The van der Waals surface area contributed by atoms with E-state index < -0.39 is 30.0 Å². The molecule has 2 aliphatic heterocycles. The van der Waals surface area contributed by atoms with Gasteiger partial charge in [-0.1, -0.05) is 51.0 Å². The van der Waals surface area contributed by atoms with Crippen molar-refractivity contribution >= 4 is 12.1 Å². The molecule has 1 saturated heterocycles. The van der Waals surface area contributed by atoms with E-state index in [1.807, 2.05) is 21.9 Å². The first-order chi connectivity index (χ1) is 17.9. The van der Waals surface area contributed by atoms with E-state index in [4.69, 9.17) is 14.2 Å². The standard InChI is InChI=1S/C28H35FN2O6/c1-3-5-13-30(14-6-4-2)25(32)17-31-16-21(19-11-12-23-24(15-19)36-18-35-23)27(37-28(33)34)26(31)20-9-7-8-10-22(20)29/h7-12,15,21,26-27H,3-6,13-14,16-18H2,1-2H3,(H,33,34)/t21-,26-,27+/m1/s1. The normalized spacial score (nSPS) is 20.7. The molecule has 0 unspecified atom stereocenters. The van der Waals surface area contributed by atoms with Crippen molar-refractivity contribution < 1.29 is 33.3 Å². The predicted molar refractivity (Wildman–Crippen MR) is 135 cm³/mol. The second kappa shape index (κ2) is 12.3. The lowest BCUT2D eigenvalue weighted by molar-refractivity contribution is -0.133. The van der Waals surface area contributed by atoms with Gasteiger partial charge in [-0.15, -0.1) is 0 Å². The lowest BCUT2D eigenvalue weighted by atomic mass is 9.90. The molecule has 0 aliphatic carbocycles. The molecule has 0 bridgehead atoms. The summed E-state index contributed by atoms with van der Waals surface area (Å²) in [5, 5.41) is 9.62. The summed E-state index contributed by atoms with van der Waals surface area (Å²) >= 11 is 0. The van der Waals surface area contributed by atoms with Crippen molar-refractivity contribution in [3.05, 3.63) is 59.4 Å². The Morgan fingerprint density at radius 2 is 1.78 bits per heavy atom. The van der Waals surface area contributed by atoms with Crippen LogP contribution in [0.2, 0.25) is 0 Å². The first-order valence-corrected chi connectivity index (χ1v) is 13.0. The quantitative estimate of drug-likeness (QED) is 0.413. The number of amides is 1. The summed E-state index contributed by atoms with van der Waals surface area (Å²) in [6.45, 7) is 5.96. The number of nitrogens with zero attached hydrogens (tertiary/aromatic N) is 2. The molecule has 37 heavy (non-hydrogen) atoms. The molecule has 0 aromatic heterocycles. The fourth-order valence-electron chi connectivity index (χ4n) is 5.18. The molecule has 1 amide bonds. The molecular weight excluding hydrogens is 479 g/mol. The Morgan fingerprint density at radius 1 is 1.08 bits per heavy atom. The Morgan fingerprint density at radius 3 is 2.46 bits per heavy atom. The molecule has 0 spiro atoms. The Hall–Kier alpha value is -3.33. The van der Waals surface area contributed by atoms with Crippen LogP contribution in [0.4, 0.5) is 9.18 Å². The number of fused-ring (bicyclic) bond motifs is 1. The maximum absolute atomic E-state index is 15.1. The van der Waals surface area contributed by atoms with Crippen molar-refractivity contribution in [1.82, 2.24) is 9.80 Å². The van der Waals surface area contributed by atoms with Gasteiger partial charge in [-0.2, -0.15) is 0 Å². The second-order valence-electron chi connectivity index (χ2n) is 9.55. The molecule has 4 rings (SSSR count). The van der Waals surface area contributed by atoms with Crippen LogP contribution in [0, 0.1) is 5.82 Å². The van der Waals surface area contributed by atoms with Crippen LogP contribution in [0.15, 0.2) is 42.5 Å². The van der Waals surface area contributed by atoms with Crippen molar-refractivity contribution in [2.45, 2.75) is 57.6 Å². The number of benzene rings is 2. The third-order valence-electron chi connectivity index (χ3n) is 7.07. The first kappa shape index (κ1) is 26.7. The third-order valence-corrected chi connectivity index (χ3v) is 7.07. The van der Waals surface area contributed by atoms with Gasteiger partial charge in [0.25, 0.3) is 0 Å². The molecule has 2 aromatic rings. The number of likely N-dealkylation sites (tertiary alicyclic amines) is 1.